The second-order valence-electron chi connectivity index (χ2n) is 7.36. The molecule has 0 aromatic heterocycles. The lowest BCUT2D eigenvalue weighted by molar-refractivity contribution is -0.133. The van der Waals surface area contributed by atoms with E-state index in [-0.39, 0.29) is 29.6 Å². The Morgan fingerprint density at radius 3 is 2.54 bits per heavy atom. The molecular formula is C21H32N2O5. The van der Waals surface area contributed by atoms with E-state index in [0.717, 1.165) is 12.0 Å². The van der Waals surface area contributed by atoms with Crippen LogP contribution in [0.1, 0.15) is 31.7 Å². The highest BCUT2D eigenvalue weighted by Gasteiger charge is 2.42. The van der Waals surface area contributed by atoms with Crippen molar-refractivity contribution < 1.29 is 23.8 Å². The average Bonchev–Trinajstić information content (AvgIpc) is 3.15. The monoisotopic (exact) mass is 392 g/mol. The second kappa shape index (κ2) is 10.3. The summed E-state index contributed by atoms with van der Waals surface area (Å²) in [6, 6.07) is 5.57. The van der Waals surface area contributed by atoms with E-state index in [9.17, 15) is 9.59 Å². The summed E-state index contributed by atoms with van der Waals surface area (Å²) < 4.78 is 15.9. The Bertz CT molecular complexity index is 677. The van der Waals surface area contributed by atoms with Gasteiger partial charge in [-0.2, -0.15) is 0 Å². The number of nitrogens with zero attached hydrogens (tertiary/aromatic N) is 1. The van der Waals surface area contributed by atoms with Crippen molar-refractivity contribution >= 4 is 11.8 Å². The number of ether oxygens (including phenoxy) is 3. The molecule has 1 N–H and O–H groups in total. The molecule has 1 fully saturated rings. The van der Waals surface area contributed by atoms with Gasteiger partial charge in [-0.3, -0.25) is 9.59 Å². The standard InChI is InChI=1S/C21H32N2O5/c1-14(2)21(25)23-12-17(16-11-15(27-4)7-8-19(16)28-5)18(13-23)20(24)22-9-6-10-26-3/h7-8,11,14,17-18H,6,9-10,12-13H2,1-5H3,(H,22,24). The molecule has 1 saturated heterocycles. The van der Waals surface area contributed by atoms with Gasteiger partial charge in [0, 0.05) is 50.8 Å². The minimum atomic E-state index is -0.341. The molecule has 7 nitrogen and oxygen atoms in total. The van der Waals surface area contributed by atoms with Gasteiger partial charge in [-0.05, 0) is 24.6 Å². The van der Waals surface area contributed by atoms with E-state index < -0.39 is 0 Å². The van der Waals surface area contributed by atoms with Crippen molar-refractivity contribution in [1.82, 2.24) is 10.2 Å². The van der Waals surface area contributed by atoms with Crippen LogP contribution in [0.15, 0.2) is 18.2 Å². The average molecular weight is 392 g/mol. The number of carbonyl (C=O) groups excluding carboxylic acids is 2. The van der Waals surface area contributed by atoms with E-state index in [0.29, 0.717) is 37.7 Å². The smallest absolute Gasteiger partial charge is 0.225 e. The van der Waals surface area contributed by atoms with Gasteiger partial charge in [0.05, 0.1) is 20.1 Å². The van der Waals surface area contributed by atoms with Crippen LogP contribution in [0.4, 0.5) is 0 Å². The van der Waals surface area contributed by atoms with E-state index in [1.165, 1.54) is 0 Å². The van der Waals surface area contributed by atoms with Gasteiger partial charge < -0.3 is 24.4 Å². The largest absolute Gasteiger partial charge is 0.497 e. The predicted octanol–water partition coefficient (Wildman–Crippen LogP) is 2.05. The summed E-state index contributed by atoms with van der Waals surface area (Å²) in [7, 11) is 4.85. The molecule has 2 atom stereocenters. The first-order valence-corrected chi connectivity index (χ1v) is 9.70. The summed E-state index contributed by atoms with van der Waals surface area (Å²) in [6.07, 6.45) is 0.747. The fraction of sp³-hybridized carbons (Fsp3) is 0.619. The third-order valence-corrected chi connectivity index (χ3v) is 5.12. The van der Waals surface area contributed by atoms with Gasteiger partial charge in [-0.25, -0.2) is 0 Å². The Morgan fingerprint density at radius 1 is 1.18 bits per heavy atom. The Morgan fingerprint density at radius 2 is 1.93 bits per heavy atom. The lowest BCUT2D eigenvalue weighted by Gasteiger charge is -2.21. The molecule has 2 rings (SSSR count). The number of hydrogen-bond donors (Lipinski definition) is 1. The van der Waals surface area contributed by atoms with Crippen LogP contribution in [0, 0.1) is 11.8 Å². The first-order valence-electron chi connectivity index (χ1n) is 9.70. The minimum Gasteiger partial charge on any atom is -0.497 e. The van der Waals surface area contributed by atoms with Crippen molar-refractivity contribution in [2.45, 2.75) is 26.2 Å². The number of nitrogens with one attached hydrogen (secondary N) is 1. The molecule has 0 spiro atoms. The molecule has 28 heavy (non-hydrogen) atoms. The summed E-state index contributed by atoms with van der Waals surface area (Å²) in [5.74, 6) is 0.787. The number of amides is 2. The summed E-state index contributed by atoms with van der Waals surface area (Å²) in [4.78, 5) is 27.3. The number of hydrogen-bond acceptors (Lipinski definition) is 5. The van der Waals surface area contributed by atoms with Crippen LogP contribution in [0.25, 0.3) is 0 Å². The van der Waals surface area contributed by atoms with E-state index in [1.807, 2.05) is 32.0 Å². The zero-order valence-electron chi connectivity index (χ0n) is 17.5. The first-order chi connectivity index (χ1) is 13.4. The zero-order valence-corrected chi connectivity index (χ0v) is 17.5. The fourth-order valence-corrected chi connectivity index (χ4v) is 3.62. The Balaban J connectivity index is 2.29. The van der Waals surface area contributed by atoms with Crippen LogP contribution in [0.2, 0.25) is 0 Å². The van der Waals surface area contributed by atoms with Crippen molar-refractivity contribution in [2.75, 3.05) is 47.6 Å². The molecule has 2 amide bonds. The third kappa shape index (κ3) is 5.16. The maximum absolute atomic E-state index is 12.9. The van der Waals surface area contributed by atoms with Gasteiger partial charge in [0.15, 0.2) is 0 Å². The van der Waals surface area contributed by atoms with Gasteiger partial charge in [-0.1, -0.05) is 13.8 Å². The quantitative estimate of drug-likeness (QED) is 0.651. The summed E-state index contributed by atoms with van der Waals surface area (Å²) in [5, 5.41) is 2.98. The second-order valence-corrected chi connectivity index (χ2v) is 7.36. The van der Waals surface area contributed by atoms with Crippen LogP contribution in [0.5, 0.6) is 11.5 Å². The highest BCUT2D eigenvalue weighted by atomic mass is 16.5. The third-order valence-electron chi connectivity index (χ3n) is 5.12. The number of likely N-dealkylation sites (tertiary alicyclic amines) is 1. The van der Waals surface area contributed by atoms with Crippen LogP contribution in [-0.2, 0) is 14.3 Å². The lowest BCUT2D eigenvalue weighted by Crippen LogP contribution is -2.37. The highest BCUT2D eigenvalue weighted by molar-refractivity contribution is 5.84. The molecule has 1 heterocycles. The van der Waals surface area contributed by atoms with Gasteiger partial charge >= 0.3 is 0 Å². The van der Waals surface area contributed by atoms with Gasteiger partial charge in [0.25, 0.3) is 0 Å². The molecule has 7 heteroatoms. The van der Waals surface area contributed by atoms with Crippen LogP contribution >= 0.6 is 0 Å². The number of methoxy groups -OCH3 is 3. The molecule has 156 valence electrons. The Kier molecular flexibility index (Phi) is 8.11. The van der Waals surface area contributed by atoms with Gasteiger partial charge in [0.2, 0.25) is 11.8 Å². The molecule has 1 aliphatic rings. The van der Waals surface area contributed by atoms with Crippen molar-refractivity contribution in [3.8, 4) is 11.5 Å². The molecule has 1 aromatic rings. The predicted molar refractivity (Wildman–Crippen MR) is 107 cm³/mol. The fourth-order valence-electron chi connectivity index (χ4n) is 3.62. The highest BCUT2D eigenvalue weighted by Crippen LogP contribution is 2.39. The lowest BCUT2D eigenvalue weighted by atomic mass is 9.87. The van der Waals surface area contributed by atoms with Crippen LogP contribution in [-0.4, -0.2) is 64.3 Å². The Hall–Kier alpha value is -2.28. The Labute approximate surface area is 167 Å². The van der Waals surface area contributed by atoms with Gasteiger partial charge in [0.1, 0.15) is 11.5 Å². The summed E-state index contributed by atoms with van der Waals surface area (Å²) in [5.41, 5.74) is 0.887. The van der Waals surface area contributed by atoms with Gasteiger partial charge in [-0.15, -0.1) is 0 Å². The normalized spacial score (nSPS) is 19.0. The number of carbonyl (C=O) groups is 2. The molecule has 1 aliphatic heterocycles. The molecular weight excluding hydrogens is 360 g/mol. The van der Waals surface area contributed by atoms with Crippen molar-refractivity contribution in [1.29, 1.82) is 0 Å². The summed E-state index contributed by atoms with van der Waals surface area (Å²) >= 11 is 0. The summed E-state index contributed by atoms with van der Waals surface area (Å²) in [6.45, 7) is 5.78. The van der Waals surface area contributed by atoms with E-state index in [4.69, 9.17) is 14.2 Å². The molecule has 0 radical (unpaired) electrons. The van der Waals surface area contributed by atoms with Crippen molar-refractivity contribution in [2.24, 2.45) is 11.8 Å². The molecule has 2 unspecified atom stereocenters. The van der Waals surface area contributed by atoms with E-state index >= 15 is 0 Å². The molecule has 0 aliphatic carbocycles. The van der Waals surface area contributed by atoms with E-state index in [1.54, 1.807) is 26.2 Å². The van der Waals surface area contributed by atoms with E-state index in [2.05, 4.69) is 5.32 Å². The SMILES string of the molecule is COCCCNC(=O)C1CN(C(=O)C(C)C)CC1c1cc(OC)ccc1OC. The number of rotatable bonds is 9. The topological polar surface area (TPSA) is 77.1 Å². The zero-order chi connectivity index (χ0) is 20.7. The first kappa shape index (κ1) is 22.0. The maximum Gasteiger partial charge on any atom is 0.225 e. The van der Waals surface area contributed by atoms with Crippen molar-refractivity contribution in [3.63, 3.8) is 0 Å². The molecule has 1 aromatic carbocycles. The number of benzene rings is 1. The minimum absolute atomic E-state index is 0.0509. The molecule has 0 bridgehead atoms. The van der Waals surface area contributed by atoms with Crippen molar-refractivity contribution in [3.05, 3.63) is 23.8 Å². The molecule has 0 saturated carbocycles. The van der Waals surface area contributed by atoms with Crippen LogP contribution in [0.3, 0.4) is 0 Å². The maximum atomic E-state index is 12.9. The van der Waals surface area contributed by atoms with Crippen LogP contribution < -0.4 is 14.8 Å².